The SMILES string of the molecule is O=C(O)/C=C/c1cccc(C(=O)Nc2cnoc2)c1. The van der Waals surface area contributed by atoms with Crippen LogP contribution in [0.1, 0.15) is 15.9 Å². The number of carboxylic acids is 1. The number of nitrogens with one attached hydrogen (secondary N) is 1. The molecule has 0 aliphatic rings. The summed E-state index contributed by atoms with van der Waals surface area (Å²) in [5.41, 5.74) is 1.49. The first kappa shape index (κ1) is 12.6. The van der Waals surface area contributed by atoms with Crippen molar-refractivity contribution in [2.45, 2.75) is 0 Å². The highest BCUT2D eigenvalue weighted by molar-refractivity contribution is 6.04. The zero-order chi connectivity index (χ0) is 13.7. The average molecular weight is 258 g/mol. The lowest BCUT2D eigenvalue weighted by molar-refractivity contribution is -0.131. The van der Waals surface area contributed by atoms with E-state index < -0.39 is 5.97 Å². The molecule has 1 aromatic heterocycles. The molecule has 6 heteroatoms. The van der Waals surface area contributed by atoms with Crippen molar-refractivity contribution in [1.29, 1.82) is 0 Å². The maximum Gasteiger partial charge on any atom is 0.328 e. The van der Waals surface area contributed by atoms with E-state index >= 15 is 0 Å². The van der Waals surface area contributed by atoms with Crippen LogP contribution >= 0.6 is 0 Å². The molecule has 0 radical (unpaired) electrons. The van der Waals surface area contributed by atoms with Gasteiger partial charge in [0.2, 0.25) is 0 Å². The van der Waals surface area contributed by atoms with Crippen LogP contribution in [-0.2, 0) is 4.79 Å². The number of hydrogen-bond acceptors (Lipinski definition) is 4. The predicted octanol–water partition coefficient (Wildman–Crippen LogP) is 2.02. The number of carboxylic acid groups (broad SMARTS) is 1. The number of carbonyl (C=O) groups is 2. The number of nitrogens with zero attached hydrogens (tertiary/aromatic N) is 1. The van der Waals surface area contributed by atoms with Crippen LogP contribution in [0.15, 0.2) is 47.3 Å². The summed E-state index contributed by atoms with van der Waals surface area (Å²) in [6.45, 7) is 0. The second-order valence-corrected chi connectivity index (χ2v) is 3.66. The first-order valence-electron chi connectivity index (χ1n) is 5.37. The summed E-state index contributed by atoms with van der Waals surface area (Å²) >= 11 is 0. The Hall–Kier alpha value is -2.89. The lowest BCUT2D eigenvalue weighted by atomic mass is 10.1. The topological polar surface area (TPSA) is 92.4 Å². The Kier molecular flexibility index (Phi) is 3.72. The van der Waals surface area contributed by atoms with Gasteiger partial charge in [0.15, 0.2) is 0 Å². The van der Waals surface area contributed by atoms with Gasteiger partial charge in [0.05, 0.1) is 6.20 Å². The molecule has 1 aromatic carbocycles. The maximum absolute atomic E-state index is 11.9. The summed E-state index contributed by atoms with van der Waals surface area (Å²) < 4.78 is 4.60. The fourth-order valence-electron chi connectivity index (χ4n) is 1.42. The molecule has 1 amide bonds. The van der Waals surface area contributed by atoms with E-state index in [1.54, 1.807) is 24.3 Å². The first-order valence-corrected chi connectivity index (χ1v) is 5.37. The summed E-state index contributed by atoms with van der Waals surface area (Å²) in [6, 6.07) is 6.59. The second-order valence-electron chi connectivity index (χ2n) is 3.66. The number of aromatic nitrogens is 1. The van der Waals surface area contributed by atoms with E-state index in [9.17, 15) is 9.59 Å². The Morgan fingerprint density at radius 3 is 2.89 bits per heavy atom. The standard InChI is InChI=1S/C13H10N2O4/c16-12(17)5-4-9-2-1-3-10(6-9)13(18)15-11-7-14-19-8-11/h1-8H,(H,15,18)(H,16,17)/b5-4+. The molecular weight excluding hydrogens is 248 g/mol. The first-order chi connectivity index (χ1) is 9.15. The summed E-state index contributed by atoms with van der Waals surface area (Å²) in [6.07, 6.45) is 5.12. The van der Waals surface area contributed by atoms with Gasteiger partial charge in [-0.25, -0.2) is 4.79 Å². The summed E-state index contributed by atoms with van der Waals surface area (Å²) in [5.74, 6) is -1.37. The smallest absolute Gasteiger partial charge is 0.328 e. The quantitative estimate of drug-likeness (QED) is 0.818. The molecule has 0 unspecified atom stereocenters. The van der Waals surface area contributed by atoms with Gasteiger partial charge < -0.3 is 14.9 Å². The minimum absolute atomic E-state index is 0.325. The summed E-state index contributed by atoms with van der Waals surface area (Å²) in [7, 11) is 0. The lowest BCUT2D eigenvalue weighted by Gasteiger charge is -2.02. The molecule has 0 spiro atoms. The van der Waals surface area contributed by atoms with Gasteiger partial charge >= 0.3 is 5.97 Å². The van der Waals surface area contributed by atoms with Crippen molar-refractivity contribution in [3.05, 3.63) is 53.9 Å². The number of amides is 1. The van der Waals surface area contributed by atoms with Crippen LogP contribution in [-0.4, -0.2) is 22.1 Å². The van der Waals surface area contributed by atoms with Crippen molar-refractivity contribution in [3.8, 4) is 0 Å². The van der Waals surface area contributed by atoms with Gasteiger partial charge in [0.1, 0.15) is 12.0 Å². The molecule has 96 valence electrons. The van der Waals surface area contributed by atoms with Crippen molar-refractivity contribution in [2.24, 2.45) is 0 Å². The van der Waals surface area contributed by atoms with E-state index in [1.165, 1.54) is 18.5 Å². The van der Waals surface area contributed by atoms with E-state index in [0.29, 0.717) is 16.8 Å². The minimum atomic E-state index is -1.04. The second kappa shape index (κ2) is 5.63. The van der Waals surface area contributed by atoms with Crippen LogP contribution in [0.2, 0.25) is 0 Å². The Morgan fingerprint density at radius 1 is 1.37 bits per heavy atom. The summed E-state index contributed by atoms with van der Waals surface area (Å²) in [4.78, 5) is 22.3. The number of anilines is 1. The molecule has 0 aliphatic heterocycles. The largest absolute Gasteiger partial charge is 0.478 e. The van der Waals surface area contributed by atoms with E-state index in [0.717, 1.165) is 6.08 Å². The van der Waals surface area contributed by atoms with Crippen LogP contribution in [0.5, 0.6) is 0 Å². The zero-order valence-electron chi connectivity index (χ0n) is 9.74. The number of benzene rings is 1. The third kappa shape index (κ3) is 3.53. The Bertz CT molecular complexity index is 617. The van der Waals surface area contributed by atoms with Crippen LogP contribution < -0.4 is 5.32 Å². The number of rotatable bonds is 4. The zero-order valence-corrected chi connectivity index (χ0v) is 9.74. The normalized spacial score (nSPS) is 10.5. The van der Waals surface area contributed by atoms with Gasteiger partial charge in [0.25, 0.3) is 5.91 Å². The van der Waals surface area contributed by atoms with Crippen LogP contribution in [0.25, 0.3) is 6.08 Å². The number of carbonyl (C=O) groups excluding carboxylic acids is 1. The molecule has 6 nitrogen and oxygen atoms in total. The molecule has 0 aliphatic carbocycles. The van der Waals surface area contributed by atoms with E-state index in [4.69, 9.17) is 5.11 Å². The van der Waals surface area contributed by atoms with Gasteiger partial charge in [0, 0.05) is 11.6 Å². The third-order valence-corrected chi connectivity index (χ3v) is 2.26. The van der Waals surface area contributed by atoms with Crippen LogP contribution in [0.3, 0.4) is 0 Å². The van der Waals surface area contributed by atoms with Crippen LogP contribution in [0.4, 0.5) is 5.69 Å². The van der Waals surface area contributed by atoms with E-state index in [1.807, 2.05) is 0 Å². The van der Waals surface area contributed by atoms with Crippen molar-refractivity contribution >= 4 is 23.6 Å². The van der Waals surface area contributed by atoms with Gasteiger partial charge in [-0.1, -0.05) is 17.3 Å². The van der Waals surface area contributed by atoms with Gasteiger partial charge in [-0.05, 0) is 23.8 Å². The average Bonchev–Trinajstić information content (AvgIpc) is 2.89. The van der Waals surface area contributed by atoms with Crippen LogP contribution in [0, 0.1) is 0 Å². The Morgan fingerprint density at radius 2 is 2.21 bits per heavy atom. The van der Waals surface area contributed by atoms with Crippen molar-refractivity contribution in [1.82, 2.24) is 5.16 Å². The molecule has 2 N–H and O–H groups in total. The fraction of sp³-hybridized carbons (Fsp3) is 0. The third-order valence-electron chi connectivity index (χ3n) is 2.26. The minimum Gasteiger partial charge on any atom is -0.478 e. The molecule has 1 heterocycles. The van der Waals surface area contributed by atoms with E-state index in [-0.39, 0.29) is 5.91 Å². The highest BCUT2D eigenvalue weighted by Crippen LogP contribution is 2.11. The number of aliphatic carboxylic acids is 1. The molecule has 0 bridgehead atoms. The molecular formula is C13H10N2O4. The number of hydrogen-bond donors (Lipinski definition) is 2. The van der Waals surface area contributed by atoms with Gasteiger partial charge in [-0.15, -0.1) is 0 Å². The molecule has 0 fully saturated rings. The molecule has 2 aromatic rings. The van der Waals surface area contributed by atoms with E-state index in [2.05, 4.69) is 15.0 Å². The predicted molar refractivity (Wildman–Crippen MR) is 67.6 cm³/mol. The van der Waals surface area contributed by atoms with Crippen molar-refractivity contribution in [3.63, 3.8) is 0 Å². The Balaban J connectivity index is 2.14. The lowest BCUT2D eigenvalue weighted by Crippen LogP contribution is -2.11. The molecule has 0 saturated heterocycles. The van der Waals surface area contributed by atoms with Crippen molar-refractivity contribution in [2.75, 3.05) is 5.32 Å². The molecule has 19 heavy (non-hydrogen) atoms. The van der Waals surface area contributed by atoms with Crippen molar-refractivity contribution < 1.29 is 19.2 Å². The highest BCUT2D eigenvalue weighted by atomic mass is 16.5. The highest BCUT2D eigenvalue weighted by Gasteiger charge is 2.07. The fourth-order valence-corrected chi connectivity index (χ4v) is 1.42. The Labute approximate surface area is 108 Å². The summed E-state index contributed by atoms with van der Waals surface area (Å²) in [5, 5.41) is 14.6. The molecule has 0 atom stereocenters. The molecule has 0 saturated carbocycles. The van der Waals surface area contributed by atoms with Gasteiger partial charge in [-0.3, -0.25) is 4.79 Å². The van der Waals surface area contributed by atoms with Gasteiger partial charge in [-0.2, -0.15) is 0 Å². The monoisotopic (exact) mass is 258 g/mol. The maximum atomic E-state index is 11.9. The molecule has 2 rings (SSSR count).